The first-order valence-corrected chi connectivity index (χ1v) is 17.6. The molecule has 0 spiro atoms. The zero-order chi connectivity index (χ0) is 34.8. The summed E-state index contributed by atoms with van der Waals surface area (Å²) in [6.07, 6.45) is 0. The minimum Gasteiger partial charge on any atom is -0.455 e. The Bertz CT molecular complexity index is 2800. The third-order valence-corrected chi connectivity index (χ3v) is 9.99. The Morgan fingerprint density at radius 3 is 1.23 bits per heavy atom. The lowest BCUT2D eigenvalue weighted by atomic mass is 9.96. The molecule has 52 heavy (non-hydrogen) atoms. The fourth-order valence-electron chi connectivity index (χ4n) is 7.61. The average Bonchev–Trinajstić information content (AvgIpc) is 3.76. The van der Waals surface area contributed by atoms with Gasteiger partial charge in [-0.3, -0.25) is 9.97 Å². The van der Waals surface area contributed by atoms with E-state index in [4.69, 9.17) is 18.8 Å². The molecule has 0 amide bonds. The zero-order valence-electron chi connectivity index (χ0n) is 28.7. The van der Waals surface area contributed by atoms with Crippen LogP contribution in [0.3, 0.4) is 0 Å². The van der Waals surface area contributed by atoms with Gasteiger partial charge in [-0.15, -0.1) is 0 Å². The summed E-state index contributed by atoms with van der Waals surface area (Å²) in [5.74, 6) is 0. The maximum absolute atomic E-state index is 6.38. The molecule has 0 saturated heterocycles. The minimum atomic E-state index is 0.841. The molecule has 0 aliphatic carbocycles. The molecule has 10 aromatic rings. The molecule has 4 aromatic heterocycles. The van der Waals surface area contributed by atoms with Gasteiger partial charge in [0.05, 0.1) is 11.4 Å². The first-order valence-electron chi connectivity index (χ1n) is 17.6. The van der Waals surface area contributed by atoms with Crippen LogP contribution in [0.2, 0.25) is 0 Å². The third kappa shape index (κ3) is 5.07. The van der Waals surface area contributed by atoms with E-state index in [2.05, 4.69) is 133 Å². The van der Waals surface area contributed by atoms with Crippen LogP contribution >= 0.6 is 0 Å². The quantitative estimate of drug-likeness (QED) is 0.183. The predicted octanol–water partition coefficient (Wildman–Crippen LogP) is 13.2. The van der Waals surface area contributed by atoms with Gasteiger partial charge in [0.1, 0.15) is 22.3 Å². The number of hydrogen-bond donors (Lipinski definition) is 0. The number of fused-ring (bicyclic) bond motifs is 6. The normalized spacial score (nSPS) is 11.7. The van der Waals surface area contributed by atoms with Crippen molar-refractivity contribution in [3.05, 3.63) is 169 Å². The Hall–Kier alpha value is -6.78. The van der Waals surface area contributed by atoms with Crippen LogP contribution in [0.15, 0.2) is 167 Å². The SMILES string of the molecule is Cc1cc(-c2cccc(-c3cccc4c3oc3ccccc34)c2)cc(-c2cc(-c3cccc(-c4cccc5c4oc4ccccc45)c3)cc(C)n2)n1. The summed E-state index contributed by atoms with van der Waals surface area (Å²) >= 11 is 0. The second-order valence-electron chi connectivity index (χ2n) is 13.5. The summed E-state index contributed by atoms with van der Waals surface area (Å²) in [4.78, 5) is 9.96. The molecule has 4 heterocycles. The van der Waals surface area contributed by atoms with Crippen molar-refractivity contribution in [1.29, 1.82) is 0 Å². The van der Waals surface area contributed by atoms with Crippen LogP contribution in [-0.2, 0) is 0 Å². The van der Waals surface area contributed by atoms with Crippen molar-refractivity contribution in [2.45, 2.75) is 13.8 Å². The number of pyridine rings is 2. The number of furan rings is 2. The molecule has 0 radical (unpaired) electrons. The summed E-state index contributed by atoms with van der Waals surface area (Å²) in [6, 6.07) is 55.1. The van der Waals surface area contributed by atoms with Crippen LogP contribution in [0.25, 0.3) is 99.8 Å². The number of nitrogens with zero attached hydrogens (tertiary/aromatic N) is 2. The van der Waals surface area contributed by atoms with Crippen LogP contribution in [0.4, 0.5) is 0 Å². The van der Waals surface area contributed by atoms with Gasteiger partial charge in [-0.1, -0.05) is 109 Å². The zero-order valence-corrected chi connectivity index (χ0v) is 28.7. The van der Waals surface area contributed by atoms with E-state index in [1.807, 2.05) is 38.1 Å². The monoisotopic (exact) mass is 668 g/mol. The first-order chi connectivity index (χ1) is 25.6. The van der Waals surface area contributed by atoms with E-state index < -0.39 is 0 Å². The summed E-state index contributed by atoms with van der Waals surface area (Å²) in [7, 11) is 0. The molecule has 0 bridgehead atoms. The molecular weight excluding hydrogens is 637 g/mol. The Labute approximate surface area is 300 Å². The van der Waals surface area contributed by atoms with Gasteiger partial charge in [0.15, 0.2) is 0 Å². The van der Waals surface area contributed by atoms with Crippen molar-refractivity contribution in [3.8, 4) is 55.9 Å². The Balaban J connectivity index is 1.03. The number of aryl methyl sites for hydroxylation is 2. The summed E-state index contributed by atoms with van der Waals surface area (Å²) in [5, 5.41) is 4.51. The van der Waals surface area contributed by atoms with Gasteiger partial charge >= 0.3 is 0 Å². The van der Waals surface area contributed by atoms with Gasteiger partial charge in [0, 0.05) is 44.1 Å². The molecule has 4 heteroatoms. The van der Waals surface area contributed by atoms with E-state index in [1.54, 1.807) is 0 Å². The molecule has 0 fully saturated rings. The molecule has 10 rings (SSSR count). The van der Waals surface area contributed by atoms with E-state index in [0.717, 1.165) is 111 Å². The molecule has 0 aliphatic rings. The fourth-order valence-corrected chi connectivity index (χ4v) is 7.61. The third-order valence-electron chi connectivity index (χ3n) is 9.99. The van der Waals surface area contributed by atoms with Crippen molar-refractivity contribution >= 4 is 43.9 Å². The van der Waals surface area contributed by atoms with Gasteiger partial charge in [-0.25, -0.2) is 0 Å². The average molecular weight is 669 g/mol. The van der Waals surface area contributed by atoms with Crippen molar-refractivity contribution in [1.82, 2.24) is 9.97 Å². The van der Waals surface area contributed by atoms with Crippen LogP contribution in [0, 0.1) is 13.8 Å². The van der Waals surface area contributed by atoms with Crippen LogP contribution in [0.5, 0.6) is 0 Å². The number of benzene rings is 6. The van der Waals surface area contributed by atoms with E-state index in [1.165, 1.54) is 0 Å². The van der Waals surface area contributed by atoms with Gasteiger partial charge in [0.2, 0.25) is 0 Å². The highest BCUT2D eigenvalue weighted by Gasteiger charge is 2.16. The molecule has 0 aliphatic heterocycles. The molecule has 0 unspecified atom stereocenters. The smallest absolute Gasteiger partial charge is 0.143 e. The predicted molar refractivity (Wildman–Crippen MR) is 213 cm³/mol. The fraction of sp³-hybridized carbons (Fsp3) is 0.0417. The number of rotatable bonds is 5. The highest BCUT2D eigenvalue weighted by Crippen LogP contribution is 2.39. The topological polar surface area (TPSA) is 52.1 Å². The van der Waals surface area contributed by atoms with Crippen LogP contribution in [0.1, 0.15) is 11.4 Å². The summed E-state index contributed by atoms with van der Waals surface area (Å²) < 4.78 is 12.8. The van der Waals surface area contributed by atoms with Gasteiger partial charge in [-0.05, 0) is 95.8 Å². The Morgan fingerprint density at radius 2 is 0.750 bits per heavy atom. The maximum Gasteiger partial charge on any atom is 0.143 e. The lowest BCUT2D eigenvalue weighted by Crippen LogP contribution is -1.95. The highest BCUT2D eigenvalue weighted by molar-refractivity contribution is 6.10. The van der Waals surface area contributed by atoms with Gasteiger partial charge in [0.25, 0.3) is 0 Å². The minimum absolute atomic E-state index is 0.841. The maximum atomic E-state index is 6.38. The first kappa shape index (κ1) is 30.1. The molecule has 4 nitrogen and oxygen atoms in total. The van der Waals surface area contributed by atoms with E-state index >= 15 is 0 Å². The molecule has 0 N–H and O–H groups in total. The largest absolute Gasteiger partial charge is 0.455 e. The molecular formula is C48H32N2O2. The van der Waals surface area contributed by atoms with E-state index in [9.17, 15) is 0 Å². The lowest BCUT2D eigenvalue weighted by Gasteiger charge is -2.12. The van der Waals surface area contributed by atoms with Gasteiger partial charge in [-0.2, -0.15) is 0 Å². The second-order valence-corrected chi connectivity index (χ2v) is 13.5. The molecule has 6 aromatic carbocycles. The van der Waals surface area contributed by atoms with E-state index in [0.29, 0.717) is 0 Å². The molecule has 0 atom stereocenters. The van der Waals surface area contributed by atoms with Crippen molar-refractivity contribution in [2.24, 2.45) is 0 Å². The van der Waals surface area contributed by atoms with Crippen molar-refractivity contribution < 1.29 is 8.83 Å². The van der Waals surface area contributed by atoms with Crippen LogP contribution in [-0.4, -0.2) is 9.97 Å². The Kier molecular flexibility index (Phi) is 6.90. The molecule has 0 saturated carbocycles. The van der Waals surface area contributed by atoms with E-state index in [-0.39, 0.29) is 0 Å². The number of para-hydroxylation sites is 4. The summed E-state index contributed by atoms with van der Waals surface area (Å²) in [5.41, 5.74) is 15.9. The standard InChI is InChI=1S/C48H32N2O2/c1-29-23-35(31-11-7-13-33(25-31)37-17-9-19-41-39-15-3-5-21-45(39)51-47(37)41)27-43(49-29)44-28-36(24-30(2)50-44)32-12-8-14-34(26-32)38-18-10-20-42-40-16-4-6-22-46(40)52-48(38)42/h3-28H,1-2H3. The van der Waals surface area contributed by atoms with Crippen molar-refractivity contribution in [2.75, 3.05) is 0 Å². The molecule has 246 valence electrons. The Morgan fingerprint density at radius 1 is 0.346 bits per heavy atom. The highest BCUT2D eigenvalue weighted by atomic mass is 16.3. The number of aromatic nitrogens is 2. The van der Waals surface area contributed by atoms with Crippen molar-refractivity contribution in [3.63, 3.8) is 0 Å². The van der Waals surface area contributed by atoms with Gasteiger partial charge < -0.3 is 8.83 Å². The second kappa shape index (κ2) is 11.9. The van der Waals surface area contributed by atoms with Crippen LogP contribution < -0.4 is 0 Å². The summed E-state index contributed by atoms with van der Waals surface area (Å²) in [6.45, 7) is 4.09. The lowest BCUT2D eigenvalue weighted by molar-refractivity contribution is 0.669. The number of hydrogen-bond acceptors (Lipinski definition) is 4.